The van der Waals surface area contributed by atoms with E-state index in [0.717, 1.165) is 4.68 Å². The SMILES string of the molecule is O=C(O)c1ccn(-c2ccccc2NS(=O)(=O)c2c(F)cc(F)cc2F)n1. The average Bonchev–Trinajstić information content (AvgIpc) is 3.03. The molecule has 0 unspecified atom stereocenters. The van der Waals surface area contributed by atoms with E-state index < -0.39 is 38.3 Å². The Hall–Kier alpha value is -3.34. The number of hydrogen-bond acceptors (Lipinski definition) is 4. The molecule has 3 rings (SSSR count). The Morgan fingerprint density at radius 1 is 1.07 bits per heavy atom. The molecule has 2 aromatic carbocycles. The van der Waals surface area contributed by atoms with Crippen LogP contribution in [0, 0.1) is 17.5 Å². The van der Waals surface area contributed by atoms with E-state index in [1.54, 1.807) is 0 Å². The van der Waals surface area contributed by atoms with E-state index in [4.69, 9.17) is 5.11 Å². The van der Waals surface area contributed by atoms with Gasteiger partial charge in [0.05, 0.1) is 11.4 Å². The Labute approximate surface area is 150 Å². The largest absolute Gasteiger partial charge is 0.476 e. The molecule has 0 saturated carbocycles. The third kappa shape index (κ3) is 3.62. The number of carbonyl (C=O) groups is 1. The van der Waals surface area contributed by atoms with Crippen molar-refractivity contribution in [3.63, 3.8) is 0 Å². The van der Waals surface area contributed by atoms with Crippen molar-refractivity contribution in [2.45, 2.75) is 4.90 Å². The molecular formula is C16H10F3N3O4S. The molecule has 7 nitrogen and oxygen atoms in total. The highest BCUT2D eigenvalue weighted by Crippen LogP contribution is 2.26. The highest BCUT2D eigenvalue weighted by Gasteiger charge is 2.26. The zero-order valence-electron chi connectivity index (χ0n) is 13.2. The second-order valence-corrected chi connectivity index (χ2v) is 6.89. The van der Waals surface area contributed by atoms with Crippen LogP contribution >= 0.6 is 0 Å². The molecule has 0 radical (unpaired) electrons. The van der Waals surface area contributed by atoms with E-state index in [2.05, 4.69) is 5.10 Å². The fourth-order valence-corrected chi connectivity index (χ4v) is 3.51. The molecule has 0 aliphatic heterocycles. The maximum atomic E-state index is 13.8. The van der Waals surface area contributed by atoms with Crippen LogP contribution in [0.25, 0.3) is 5.69 Å². The van der Waals surface area contributed by atoms with Gasteiger partial charge in [0, 0.05) is 18.3 Å². The van der Waals surface area contributed by atoms with Gasteiger partial charge in [0.1, 0.15) is 17.5 Å². The molecule has 0 amide bonds. The van der Waals surface area contributed by atoms with Crippen LogP contribution in [0.2, 0.25) is 0 Å². The van der Waals surface area contributed by atoms with E-state index >= 15 is 0 Å². The van der Waals surface area contributed by atoms with Crippen molar-refractivity contribution in [2.24, 2.45) is 0 Å². The number of aromatic nitrogens is 2. The summed E-state index contributed by atoms with van der Waals surface area (Å²) in [6.07, 6.45) is 1.27. The highest BCUT2D eigenvalue weighted by atomic mass is 32.2. The van der Waals surface area contributed by atoms with Crippen LogP contribution in [0.1, 0.15) is 10.5 Å². The molecule has 0 bridgehead atoms. The minimum absolute atomic E-state index is 0.108. The van der Waals surface area contributed by atoms with Gasteiger partial charge in [-0.1, -0.05) is 12.1 Å². The molecule has 1 heterocycles. The molecule has 11 heteroatoms. The minimum Gasteiger partial charge on any atom is -0.476 e. The fourth-order valence-electron chi connectivity index (χ4n) is 2.31. The summed E-state index contributed by atoms with van der Waals surface area (Å²) >= 11 is 0. The normalized spacial score (nSPS) is 11.4. The minimum atomic E-state index is -4.76. The third-order valence-corrected chi connectivity index (χ3v) is 4.85. The smallest absolute Gasteiger partial charge is 0.356 e. The second kappa shape index (κ2) is 6.76. The van der Waals surface area contributed by atoms with Gasteiger partial charge in [-0.05, 0) is 18.2 Å². The average molecular weight is 397 g/mol. The van der Waals surface area contributed by atoms with Gasteiger partial charge in [-0.25, -0.2) is 31.1 Å². The number of para-hydroxylation sites is 2. The summed E-state index contributed by atoms with van der Waals surface area (Å²) in [5, 5.41) is 12.7. The van der Waals surface area contributed by atoms with Gasteiger partial charge in [0.2, 0.25) is 0 Å². The van der Waals surface area contributed by atoms with E-state index in [1.807, 2.05) is 4.72 Å². The van der Waals surface area contributed by atoms with Crippen LogP contribution in [0.3, 0.4) is 0 Å². The predicted octanol–water partition coefficient (Wildman–Crippen LogP) is 2.79. The first-order chi connectivity index (χ1) is 12.7. The van der Waals surface area contributed by atoms with Crippen LogP contribution in [0.5, 0.6) is 0 Å². The summed E-state index contributed by atoms with van der Waals surface area (Å²) in [6.45, 7) is 0. The zero-order valence-corrected chi connectivity index (χ0v) is 14.0. The second-order valence-electron chi connectivity index (χ2n) is 5.27. The van der Waals surface area contributed by atoms with E-state index in [-0.39, 0.29) is 29.2 Å². The number of carboxylic acids is 1. The van der Waals surface area contributed by atoms with Crippen molar-refractivity contribution >= 4 is 21.7 Å². The summed E-state index contributed by atoms with van der Waals surface area (Å²) in [4.78, 5) is 9.60. The first kappa shape index (κ1) is 18.5. The van der Waals surface area contributed by atoms with Gasteiger partial charge >= 0.3 is 5.97 Å². The Bertz CT molecular complexity index is 1120. The van der Waals surface area contributed by atoms with Crippen LogP contribution in [-0.2, 0) is 10.0 Å². The lowest BCUT2D eigenvalue weighted by molar-refractivity contribution is 0.0690. The zero-order chi connectivity index (χ0) is 19.8. The van der Waals surface area contributed by atoms with Crippen LogP contribution in [-0.4, -0.2) is 29.3 Å². The standard InChI is InChI=1S/C16H10F3N3O4S/c17-9-7-10(18)15(11(19)8-9)27(25,26)21-12-3-1-2-4-14(12)22-6-5-13(20-22)16(23)24/h1-8,21H,(H,23,24). The molecule has 0 spiro atoms. The molecule has 0 aliphatic rings. The van der Waals surface area contributed by atoms with Crippen LogP contribution < -0.4 is 4.72 Å². The van der Waals surface area contributed by atoms with Crippen molar-refractivity contribution in [3.05, 3.63) is 71.8 Å². The lowest BCUT2D eigenvalue weighted by Gasteiger charge is -2.13. The lowest BCUT2D eigenvalue weighted by Crippen LogP contribution is -2.18. The van der Waals surface area contributed by atoms with Gasteiger partial charge in [-0.15, -0.1) is 0 Å². The Balaban J connectivity index is 2.05. The lowest BCUT2D eigenvalue weighted by atomic mass is 10.3. The number of anilines is 1. The van der Waals surface area contributed by atoms with E-state index in [0.29, 0.717) is 0 Å². The summed E-state index contributed by atoms with van der Waals surface area (Å²) in [5.74, 6) is -5.74. The number of carboxylic acid groups (broad SMARTS) is 1. The van der Waals surface area contributed by atoms with Crippen LogP contribution in [0.15, 0.2) is 53.6 Å². The van der Waals surface area contributed by atoms with Crippen molar-refractivity contribution in [3.8, 4) is 5.69 Å². The first-order valence-corrected chi connectivity index (χ1v) is 8.73. The Morgan fingerprint density at radius 3 is 2.30 bits per heavy atom. The molecule has 2 N–H and O–H groups in total. The number of nitrogens with one attached hydrogen (secondary N) is 1. The number of benzene rings is 2. The molecule has 27 heavy (non-hydrogen) atoms. The van der Waals surface area contributed by atoms with Gasteiger partial charge in [0.15, 0.2) is 10.6 Å². The monoisotopic (exact) mass is 397 g/mol. The van der Waals surface area contributed by atoms with Gasteiger partial charge in [-0.2, -0.15) is 5.10 Å². The number of halogens is 3. The number of hydrogen-bond donors (Lipinski definition) is 2. The quantitative estimate of drug-likeness (QED) is 0.690. The molecule has 3 aromatic rings. The summed E-state index contributed by atoms with van der Waals surface area (Å²) in [6, 6.07) is 7.34. The molecule has 0 atom stereocenters. The topological polar surface area (TPSA) is 101 Å². The molecule has 0 aliphatic carbocycles. The summed E-state index contributed by atoms with van der Waals surface area (Å²) < 4.78 is 68.6. The number of sulfonamides is 1. The number of nitrogens with zero attached hydrogens (tertiary/aromatic N) is 2. The van der Waals surface area contributed by atoms with Gasteiger partial charge in [-0.3, -0.25) is 4.72 Å². The van der Waals surface area contributed by atoms with Crippen molar-refractivity contribution in [2.75, 3.05) is 4.72 Å². The van der Waals surface area contributed by atoms with Gasteiger partial charge < -0.3 is 5.11 Å². The van der Waals surface area contributed by atoms with E-state index in [9.17, 15) is 26.4 Å². The Kier molecular flexibility index (Phi) is 4.62. The molecular weight excluding hydrogens is 387 g/mol. The molecule has 140 valence electrons. The number of aromatic carboxylic acids is 1. The maximum absolute atomic E-state index is 13.8. The predicted molar refractivity (Wildman–Crippen MR) is 87.6 cm³/mol. The molecule has 0 saturated heterocycles. The summed E-state index contributed by atoms with van der Waals surface area (Å²) in [7, 11) is -4.76. The molecule has 1 aromatic heterocycles. The van der Waals surface area contributed by atoms with Crippen molar-refractivity contribution < 1.29 is 31.5 Å². The van der Waals surface area contributed by atoms with Crippen molar-refractivity contribution in [1.29, 1.82) is 0 Å². The first-order valence-electron chi connectivity index (χ1n) is 7.25. The van der Waals surface area contributed by atoms with Gasteiger partial charge in [0.25, 0.3) is 10.0 Å². The Morgan fingerprint density at radius 2 is 1.70 bits per heavy atom. The van der Waals surface area contributed by atoms with Crippen molar-refractivity contribution in [1.82, 2.24) is 9.78 Å². The maximum Gasteiger partial charge on any atom is 0.356 e. The van der Waals surface area contributed by atoms with E-state index in [1.165, 1.54) is 36.5 Å². The third-order valence-electron chi connectivity index (χ3n) is 3.44. The fraction of sp³-hybridized carbons (Fsp3) is 0. The highest BCUT2D eigenvalue weighted by molar-refractivity contribution is 7.92. The molecule has 0 fully saturated rings. The van der Waals surface area contributed by atoms with Crippen LogP contribution in [0.4, 0.5) is 18.9 Å². The number of rotatable bonds is 5. The summed E-state index contributed by atoms with van der Waals surface area (Å²) in [5.41, 5.74) is -0.305.